The summed E-state index contributed by atoms with van der Waals surface area (Å²) in [5.41, 5.74) is 0.835. The first-order valence-electron chi connectivity index (χ1n) is 7.56. The fourth-order valence-corrected chi connectivity index (χ4v) is 2.67. The molecule has 1 aliphatic carbocycles. The third kappa shape index (κ3) is 2.68. The van der Waals surface area contributed by atoms with Crippen LogP contribution in [-0.2, 0) is 0 Å². The van der Waals surface area contributed by atoms with Crippen LogP contribution in [0.1, 0.15) is 30.9 Å². The first-order valence-corrected chi connectivity index (χ1v) is 7.56. The minimum atomic E-state index is -0.317. The van der Waals surface area contributed by atoms with Gasteiger partial charge in [0, 0.05) is 24.1 Å². The summed E-state index contributed by atoms with van der Waals surface area (Å²) in [4.78, 5) is 8.48. The Morgan fingerprint density at radius 3 is 2.73 bits per heavy atom. The van der Waals surface area contributed by atoms with Gasteiger partial charge in [0.25, 0.3) is 0 Å². The number of anilines is 2. The van der Waals surface area contributed by atoms with Crippen LogP contribution < -0.4 is 15.4 Å². The van der Waals surface area contributed by atoms with E-state index in [4.69, 9.17) is 4.74 Å². The largest absolute Gasteiger partial charge is 0.490 e. The van der Waals surface area contributed by atoms with E-state index in [1.807, 2.05) is 12.1 Å². The molecule has 0 unspecified atom stereocenters. The second-order valence-corrected chi connectivity index (χ2v) is 5.70. The van der Waals surface area contributed by atoms with Gasteiger partial charge in [0.05, 0.1) is 12.6 Å². The van der Waals surface area contributed by atoms with Gasteiger partial charge in [-0.1, -0.05) is 12.1 Å². The molecular weight excluding hydrogens is 283 g/mol. The molecule has 114 valence electrons. The third-order valence-corrected chi connectivity index (χ3v) is 3.94. The Labute approximate surface area is 127 Å². The van der Waals surface area contributed by atoms with Gasteiger partial charge in [-0.05, 0) is 18.9 Å². The van der Waals surface area contributed by atoms with Gasteiger partial charge >= 0.3 is 0 Å². The van der Waals surface area contributed by atoms with E-state index < -0.39 is 0 Å². The zero-order valence-corrected chi connectivity index (χ0v) is 12.1. The van der Waals surface area contributed by atoms with Crippen LogP contribution in [0.2, 0.25) is 0 Å². The zero-order chi connectivity index (χ0) is 14.9. The molecule has 1 aliphatic heterocycles. The van der Waals surface area contributed by atoms with E-state index in [-0.39, 0.29) is 11.9 Å². The second kappa shape index (κ2) is 5.44. The summed E-state index contributed by atoms with van der Waals surface area (Å²) in [6.45, 7) is 0.490. The monoisotopic (exact) mass is 300 g/mol. The molecule has 2 aromatic rings. The average Bonchev–Trinajstić information content (AvgIpc) is 3.33. The SMILES string of the molecule is Fc1cccc2c1OCC[C@@H]2Nc1cc(NC2CC2)ncn1. The van der Waals surface area contributed by atoms with Crippen molar-refractivity contribution in [1.29, 1.82) is 0 Å². The first-order chi connectivity index (χ1) is 10.8. The maximum Gasteiger partial charge on any atom is 0.165 e. The van der Waals surface area contributed by atoms with Crippen molar-refractivity contribution in [3.63, 3.8) is 0 Å². The Bertz CT molecular complexity index is 690. The van der Waals surface area contributed by atoms with Crippen molar-refractivity contribution in [1.82, 2.24) is 9.97 Å². The highest BCUT2D eigenvalue weighted by atomic mass is 19.1. The van der Waals surface area contributed by atoms with Crippen LogP contribution >= 0.6 is 0 Å². The van der Waals surface area contributed by atoms with Crippen molar-refractivity contribution in [3.8, 4) is 5.75 Å². The van der Waals surface area contributed by atoms with E-state index in [2.05, 4.69) is 20.6 Å². The van der Waals surface area contributed by atoms with E-state index >= 15 is 0 Å². The molecule has 1 saturated carbocycles. The van der Waals surface area contributed by atoms with Crippen LogP contribution in [0.15, 0.2) is 30.6 Å². The molecule has 1 atom stereocenters. The van der Waals surface area contributed by atoms with Gasteiger partial charge < -0.3 is 15.4 Å². The van der Waals surface area contributed by atoms with Gasteiger partial charge in [0.2, 0.25) is 0 Å². The molecule has 0 saturated heterocycles. The van der Waals surface area contributed by atoms with Crippen molar-refractivity contribution in [3.05, 3.63) is 42.0 Å². The van der Waals surface area contributed by atoms with Crippen LogP contribution in [0.4, 0.5) is 16.0 Å². The van der Waals surface area contributed by atoms with Crippen LogP contribution in [0.25, 0.3) is 0 Å². The normalized spacial score (nSPS) is 20.0. The molecule has 5 nitrogen and oxygen atoms in total. The predicted octanol–water partition coefficient (Wildman–Crippen LogP) is 3.13. The number of ether oxygens (including phenoxy) is 1. The number of hydrogen-bond acceptors (Lipinski definition) is 5. The Kier molecular flexibility index (Phi) is 3.29. The maximum absolute atomic E-state index is 13.8. The summed E-state index contributed by atoms with van der Waals surface area (Å²) < 4.78 is 19.3. The number of aromatic nitrogens is 2. The lowest BCUT2D eigenvalue weighted by atomic mass is 10.0. The summed E-state index contributed by atoms with van der Waals surface area (Å²) >= 11 is 0. The third-order valence-electron chi connectivity index (χ3n) is 3.94. The zero-order valence-electron chi connectivity index (χ0n) is 12.1. The van der Waals surface area contributed by atoms with Gasteiger partial charge in [-0.2, -0.15) is 0 Å². The number of halogens is 1. The highest BCUT2D eigenvalue weighted by molar-refractivity contribution is 5.50. The summed E-state index contributed by atoms with van der Waals surface area (Å²) in [7, 11) is 0. The maximum atomic E-state index is 13.8. The molecule has 4 rings (SSSR count). The Morgan fingerprint density at radius 1 is 1.09 bits per heavy atom. The fourth-order valence-electron chi connectivity index (χ4n) is 2.67. The fraction of sp³-hybridized carbons (Fsp3) is 0.375. The van der Waals surface area contributed by atoms with E-state index in [0.717, 1.165) is 23.6 Å². The average molecular weight is 300 g/mol. The minimum Gasteiger partial charge on any atom is -0.490 e. The molecule has 0 amide bonds. The standard InChI is InChI=1S/C16H17FN4O/c17-12-3-1-2-11-13(6-7-22-16(11)12)21-15-8-14(18-9-19-15)20-10-4-5-10/h1-3,8-10,13H,4-7H2,(H2,18,19,20,21)/t13-/m0/s1. The second-order valence-electron chi connectivity index (χ2n) is 5.70. The van der Waals surface area contributed by atoms with Gasteiger partial charge in [-0.25, -0.2) is 14.4 Å². The Balaban J connectivity index is 1.55. The van der Waals surface area contributed by atoms with Crippen molar-refractivity contribution in [2.24, 2.45) is 0 Å². The number of nitrogens with one attached hydrogen (secondary N) is 2. The number of benzene rings is 1. The highest BCUT2D eigenvalue weighted by Crippen LogP contribution is 2.36. The topological polar surface area (TPSA) is 59.1 Å². The smallest absolute Gasteiger partial charge is 0.165 e. The summed E-state index contributed by atoms with van der Waals surface area (Å²) in [6.07, 6.45) is 4.70. The summed E-state index contributed by atoms with van der Waals surface area (Å²) in [5, 5.41) is 6.71. The summed E-state index contributed by atoms with van der Waals surface area (Å²) in [6, 6.07) is 7.44. The molecule has 6 heteroatoms. The van der Waals surface area contributed by atoms with E-state index in [9.17, 15) is 4.39 Å². The van der Waals surface area contributed by atoms with Crippen LogP contribution in [0.5, 0.6) is 5.75 Å². The quantitative estimate of drug-likeness (QED) is 0.908. The highest BCUT2D eigenvalue weighted by Gasteiger charge is 2.25. The molecule has 22 heavy (non-hydrogen) atoms. The molecule has 1 aromatic carbocycles. The number of hydrogen-bond donors (Lipinski definition) is 2. The Morgan fingerprint density at radius 2 is 1.91 bits per heavy atom. The molecule has 2 heterocycles. The van der Waals surface area contributed by atoms with Crippen LogP contribution in [0, 0.1) is 5.82 Å². The molecule has 0 radical (unpaired) electrons. The lowest BCUT2D eigenvalue weighted by Crippen LogP contribution is -2.21. The number of para-hydroxylation sites is 1. The van der Waals surface area contributed by atoms with Crippen molar-refractivity contribution in [2.45, 2.75) is 31.3 Å². The lowest BCUT2D eigenvalue weighted by molar-refractivity contribution is 0.260. The van der Waals surface area contributed by atoms with Gasteiger partial charge in [0.1, 0.15) is 18.0 Å². The van der Waals surface area contributed by atoms with E-state index in [1.165, 1.54) is 18.9 Å². The molecule has 1 aromatic heterocycles. The minimum absolute atomic E-state index is 0.0110. The predicted molar refractivity (Wildman–Crippen MR) is 81.6 cm³/mol. The van der Waals surface area contributed by atoms with Crippen LogP contribution in [-0.4, -0.2) is 22.6 Å². The molecule has 0 bridgehead atoms. The summed E-state index contributed by atoms with van der Waals surface area (Å²) in [5.74, 6) is 1.59. The molecule has 1 fully saturated rings. The number of rotatable bonds is 4. The first kappa shape index (κ1) is 13.3. The Hall–Kier alpha value is -2.37. The van der Waals surface area contributed by atoms with Gasteiger partial charge in [-0.3, -0.25) is 0 Å². The molecule has 2 N–H and O–H groups in total. The molecule has 0 spiro atoms. The molecular formula is C16H17FN4O. The van der Waals surface area contributed by atoms with Gasteiger partial charge in [0.15, 0.2) is 11.6 Å². The van der Waals surface area contributed by atoms with Gasteiger partial charge in [-0.15, -0.1) is 0 Å². The van der Waals surface area contributed by atoms with Crippen molar-refractivity contribution < 1.29 is 9.13 Å². The van der Waals surface area contributed by atoms with E-state index in [1.54, 1.807) is 12.4 Å². The molecule has 2 aliphatic rings. The van der Waals surface area contributed by atoms with Crippen molar-refractivity contribution in [2.75, 3.05) is 17.2 Å². The van der Waals surface area contributed by atoms with Crippen LogP contribution in [0.3, 0.4) is 0 Å². The number of fused-ring (bicyclic) bond motifs is 1. The van der Waals surface area contributed by atoms with Crippen molar-refractivity contribution >= 4 is 11.6 Å². The lowest BCUT2D eigenvalue weighted by Gasteiger charge is -2.27. The van der Waals surface area contributed by atoms with E-state index in [0.29, 0.717) is 18.4 Å². The number of nitrogens with zero attached hydrogens (tertiary/aromatic N) is 2.